The van der Waals surface area contributed by atoms with Gasteiger partial charge in [0.25, 0.3) is 5.91 Å². The Balaban J connectivity index is 1.14. The lowest BCUT2D eigenvalue weighted by molar-refractivity contribution is -0.146. The average molecular weight is 575 g/mol. The number of anilines is 3. The number of pyridine rings is 1. The van der Waals surface area contributed by atoms with Crippen molar-refractivity contribution in [3.05, 3.63) is 60.2 Å². The van der Waals surface area contributed by atoms with Gasteiger partial charge in [0.1, 0.15) is 11.1 Å². The number of imidazole rings is 1. The molecule has 5 aromatic rings. The number of amides is 1. The number of methoxy groups -OCH3 is 1. The first-order valence-corrected chi connectivity index (χ1v) is 13.5. The van der Waals surface area contributed by atoms with E-state index in [0.29, 0.717) is 55.0 Å². The molecule has 1 amide bonds. The van der Waals surface area contributed by atoms with Crippen LogP contribution < -0.4 is 15.5 Å². The van der Waals surface area contributed by atoms with Gasteiger partial charge < -0.3 is 24.8 Å². The summed E-state index contributed by atoms with van der Waals surface area (Å²) in [6.07, 6.45) is 6.59. The molecule has 0 aromatic carbocycles. The molecule has 0 radical (unpaired) electrons. The summed E-state index contributed by atoms with van der Waals surface area (Å²) < 4.78 is 22.3. The van der Waals surface area contributed by atoms with E-state index in [9.17, 15) is 9.18 Å². The molecule has 1 aliphatic rings. The van der Waals surface area contributed by atoms with Gasteiger partial charge in [-0.05, 0) is 25.5 Å². The standard InChI is InChI=1S/C27H31FN12O2/c1-16-11-20(37-36-16)33-24-22-23(30-15-38(22)3)34-26(35-24)39-9-7-27(42-4,8-10-39)25(41)32-17(2)18-5-6-21(29-12-18)40-14-19(28)13-31-40/h5-6,11-15,17H,7-10H2,1-4H3,(H,32,41)(H2,33,34,35,36,37)/t17-/m0/s1. The monoisotopic (exact) mass is 574 g/mol. The van der Waals surface area contributed by atoms with Gasteiger partial charge in [-0.25, -0.2) is 19.0 Å². The lowest BCUT2D eigenvalue weighted by Gasteiger charge is -2.40. The van der Waals surface area contributed by atoms with Gasteiger partial charge in [-0.3, -0.25) is 9.89 Å². The Kier molecular flexibility index (Phi) is 7.02. The first-order chi connectivity index (χ1) is 20.2. The van der Waals surface area contributed by atoms with E-state index in [-0.39, 0.29) is 11.9 Å². The van der Waals surface area contributed by atoms with E-state index in [4.69, 9.17) is 14.7 Å². The van der Waals surface area contributed by atoms with Crippen molar-refractivity contribution in [2.24, 2.45) is 7.05 Å². The normalized spacial score (nSPS) is 15.6. The molecule has 0 saturated carbocycles. The van der Waals surface area contributed by atoms with E-state index >= 15 is 0 Å². The van der Waals surface area contributed by atoms with Crippen LogP contribution in [0.3, 0.4) is 0 Å². The molecule has 0 unspecified atom stereocenters. The number of halogens is 1. The maximum atomic E-state index is 13.5. The second-order valence-corrected chi connectivity index (χ2v) is 10.4. The Hall–Kier alpha value is -4.92. The summed E-state index contributed by atoms with van der Waals surface area (Å²) >= 11 is 0. The number of nitrogens with zero attached hydrogens (tertiary/aromatic N) is 9. The number of nitrogens with one attached hydrogen (secondary N) is 3. The summed E-state index contributed by atoms with van der Waals surface area (Å²) in [7, 11) is 3.45. The number of H-pyrrole nitrogens is 1. The Labute approximate surface area is 240 Å². The molecular weight excluding hydrogens is 543 g/mol. The SMILES string of the molecule is COC1(C(=O)N[C@@H](C)c2ccc(-n3cc(F)cn3)nc2)CCN(c2nc(Nc3cc(C)[nH]n3)c3c(ncn3C)n2)CC1. The Morgan fingerprint density at radius 2 is 2.00 bits per heavy atom. The molecule has 1 aliphatic heterocycles. The summed E-state index contributed by atoms with van der Waals surface area (Å²) in [5, 5.41) is 17.5. The quantitative estimate of drug-likeness (QED) is 0.252. The van der Waals surface area contributed by atoms with Crippen LogP contribution in [0.5, 0.6) is 0 Å². The van der Waals surface area contributed by atoms with E-state index in [1.54, 1.807) is 25.7 Å². The minimum atomic E-state index is -1.01. The molecule has 42 heavy (non-hydrogen) atoms. The molecule has 1 atom stereocenters. The van der Waals surface area contributed by atoms with Crippen LogP contribution in [0.4, 0.5) is 22.0 Å². The van der Waals surface area contributed by atoms with Crippen molar-refractivity contribution < 1.29 is 13.9 Å². The number of fused-ring (bicyclic) bond motifs is 1. The lowest BCUT2D eigenvalue weighted by atomic mass is 9.89. The predicted molar refractivity (Wildman–Crippen MR) is 152 cm³/mol. The number of carbonyl (C=O) groups excluding carboxylic acids is 1. The molecule has 1 saturated heterocycles. The van der Waals surface area contributed by atoms with Crippen molar-refractivity contribution in [2.45, 2.75) is 38.3 Å². The van der Waals surface area contributed by atoms with Gasteiger partial charge in [-0.2, -0.15) is 20.2 Å². The third-order valence-electron chi connectivity index (χ3n) is 7.57. The summed E-state index contributed by atoms with van der Waals surface area (Å²) in [5.41, 5.74) is 2.03. The van der Waals surface area contributed by atoms with E-state index in [1.807, 2.05) is 42.5 Å². The number of piperidine rings is 1. The first kappa shape index (κ1) is 27.3. The second kappa shape index (κ2) is 10.8. The molecule has 3 N–H and O–H groups in total. The highest BCUT2D eigenvalue weighted by molar-refractivity contribution is 5.87. The Bertz CT molecular complexity index is 1720. The topological polar surface area (TPSA) is 157 Å². The average Bonchev–Trinajstić information content (AvgIpc) is 3.73. The van der Waals surface area contributed by atoms with Crippen LogP contribution >= 0.6 is 0 Å². The van der Waals surface area contributed by atoms with Crippen molar-refractivity contribution in [3.63, 3.8) is 0 Å². The number of hydrogen-bond donors (Lipinski definition) is 3. The van der Waals surface area contributed by atoms with Crippen molar-refractivity contribution >= 4 is 34.7 Å². The fourth-order valence-corrected chi connectivity index (χ4v) is 5.10. The number of aryl methyl sites for hydroxylation is 2. The van der Waals surface area contributed by atoms with Crippen LogP contribution in [0.2, 0.25) is 0 Å². The van der Waals surface area contributed by atoms with Crippen molar-refractivity contribution in [1.29, 1.82) is 0 Å². The van der Waals surface area contributed by atoms with Crippen molar-refractivity contribution in [3.8, 4) is 5.82 Å². The Morgan fingerprint density at radius 1 is 1.19 bits per heavy atom. The minimum Gasteiger partial charge on any atom is -0.368 e. The first-order valence-electron chi connectivity index (χ1n) is 13.5. The number of ether oxygens (including phenoxy) is 1. The van der Waals surface area contributed by atoms with E-state index in [2.05, 4.69) is 35.9 Å². The van der Waals surface area contributed by atoms with Gasteiger partial charge in [-0.15, -0.1) is 0 Å². The van der Waals surface area contributed by atoms with Crippen LogP contribution in [-0.2, 0) is 16.6 Å². The lowest BCUT2D eigenvalue weighted by Crippen LogP contribution is -2.55. The minimum absolute atomic E-state index is 0.201. The van der Waals surface area contributed by atoms with Crippen LogP contribution in [0, 0.1) is 12.7 Å². The number of aromatic amines is 1. The number of aromatic nitrogens is 9. The molecule has 0 bridgehead atoms. The highest BCUT2D eigenvalue weighted by Crippen LogP contribution is 2.31. The zero-order chi connectivity index (χ0) is 29.4. The molecule has 1 fully saturated rings. The zero-order valence-electron chi connectivity index (χ0n) is 23.7. The fraction of sp³-hybridized carbons (Fsp3) is 0.370. The molecule has 5 aromatic heterocycles. The highest BCUT2D eigenvalue weighted by Gasteiger charge is 2.42. The van der Waals surface area contributed by atoms with Gasteiger partial charge in [-0.1, -0.05) is 6.07 Å². The number of carbonyl (C=O) groups is 1. The molecule has 6 rings (SSSR count). The van der Waals surface area contributed by atoms with Crippen molar-refractivity contribution in [2.75, 3.05) is 30.4 Å². The van der Waals surface area contributed by atoms with E-state index in [0.717, 1.165) is 23.0 Å². The van der Waals surface area contributed by atoms with E-state index < -0.39 is 11.4 Å². The second-order valence-electron chi connectivity index (χ2n) is 10.4. The molecule has 0 aliphatic carbocycles. The predicted octanol–water partition coefficient (Wildman–Crippen LogP) is 2.72. The maximum absolute atomic E-state index is 13.5. The van der Waals surface area contributed by atoms with E-state index in [1.165, 1.54) is 10.9 Å². The molecule has 15 heteroatoms. The van der Waals surface area contributed by atoms with Gasteiger partial charge in [0.05, 0.1) is 24.8 Å². The summed E-state index contributed by atoms with van der Waals surface area (Å²) in [6.45, 7) is 4.82. The molecule has 0 spiro atoms. The van der Waals surface area contributed by atoms with Crippen LogP contribution in [0.1, 0.15) is 37.1 Å². The van der Waals surface area contributed by atoms with Gasteiger partial charge in [0, 0.05) is 58.0 Å². The van der Waals surface area contributed by atoms with Gasteiger partial charge in [0.2, 0.25) is 5.95 Å². The smallest absolute Gasteiger partial charge is 0.252 e. The molecule has 218 valence electrons. The maximum Gasteiger partial charge on any atom is 0.252 e. The zero-order valence-corrected chi connectivity index (χ0v) is 23.7. The third-order valence-corrected chi connectivity index (χ3v) is 7.57. The molecule has 6 heterocycles. The largest absolute Gasteiger partial charge is 0.368 e. The van der Waals surface area contributed by atoms with Gasteiger partial charge in [0.15, 0.2) is 28.9 Å². The van der Waals surface area contributed by atoms with Gasteiger partial charge >= 0.3 is 0 Å². The Morgan fingerprint density at radius 3 is 2.64 bits per heavy atom. The third kappa shape index (κ3) is 5.13. The summed E-state index contributed by atoms with van der Waals surface area (Å²) in [5.74, 6) is 1.58. The summed E-state index contributed by atoms with van der Waals surface area (Å²) in [6, 6.07) is 5.12. The highest BCUT2D eigenvalue weighted by atomic mass is 19.1. The van der Waals surface area contributed by atoms with Crippen molar-refractivity contribution in [1.82, 2.24) is 49.8 Å². The van der Waals surface area contributed by atoms with Crippen LogP contribution in [0.15, 0.2) is 43.1 Å². The van der Waals surface area contributed by atoms with Crippen LogP contribution in [0.25, 0.3) is 17.0 Å². The molecule has 14 nitrogen and oxygen atoms in total. The molecular formula is C27H31FN12O2. The number of hydrogen-bond acceptors (Lipinski definition) is 10. The fourth-order valence-electron chi connectivity index (χ4n) is 5.10. The van der Waals surface area contributed by atoms with Crippen LogP contribution in [-0.4, -0.2) is 76.2 Å². The number of rotatable bonds is 8. The summed E-state index contributed by atoms with van der Waals surface area (Å²) in [4.78, 5) is 33.9.